The number of hydrogen-bond acceptors (Lipinski definition) is 2. The van der Waals surface area contributed by atoms with E-state index in [9.17, 15) is 4.79 Å². The summed E-state index contributed by atoms with van der Waals surface area (Å²) in [6.45, 7) is 9.52. The maximum Gasteiger partial charge on any atom is 0.228 e. The molecule has 1 unspecified atom stereocenters. The molecular weight excluding hydrogens is 224 g/mol. The monoisotopic (exact) mass is 252 g/mol. The molecule has 1 atom stereocenters. The van der Waals surface area contributed by atoms with Crippen LogP contribution in [0.25, 0.3) is 0 Å². The molecule has 1 saturated heterocycles. The largest absolute Gasteiger partial charge is 0.339 e. The fourth-order valence-electron chi connectivity index (χ4n) is 3.09. The van der Waals surface area contributed by atoms with Crippen LogP contribution in [0.15, 0.2) is 0 Å². The van der Waals surface area contributed by atoms with Crippen molar-refractivity contribution in [1.82, 2.24) is 10.2 Å². The van der Waals surface area contributed by atoms with Gasteiger partial charge in [0.25, 0.3) is 0 Å². The van der Waals surface area contributed by atoms with Crippen LogP contribution in [0, 0.1) is 11.3 Å². The Labute approximate surface area is 111 Å². The van der Waals surface area contributed by atoms with E-state index in [1.54, 1.807) is 0 Å². The summed E-state index contributed by atoms with van der Waals surface area (Å²) in [4.78, 5) is 15.0. The van der Waals surface area contributed by atoms with Gasteiger partial charge < -0.3 is 10.2 Å². The molecule has 0 aromatic heterocycles. The van der Waals surface area contributed by atoms with Crippen molar-refractivity contribution in [2.45, 2.75) is 58.9 Å². The molecule has 0 aromatic rings. The molecule has 1 heterocycles. The highest BCUT2D eigenvalue weighted by Gasteiger charge is 2.43. The molecule has 1 N–H and O–H groups in total. The van der Waals surface area contributed by atoms with E-state index in [1.165, 1.54) is 25.7 Å². The quantitative estimate of drug-likeness (QED) is 0.815. The number of rotatable bonds is 5. The first-order chi connectivity index (χ1) is 8.57. The van der Waals surface area contributed by atoms with Crippen molar-refractivity contribution in [2.75, 3.05) is 19.6 Å². The van der Waals surface area contributed by atoms with Gasteiger partial charge in [-0.1, -0.05) is 20.8 Å². The minimum absolute atomic E-state index is 0.203. The Balaban J connectivity index is 2.03. The fraction of sp³-hybridized carbons (Fsp3) is 0.933. The van der Waals surface area contributed by atoms with E-state index in [0.717, 1.165) is 26.1 Å². The van der Waals surface area contributed by atoms with Gasteiger partial charge in [0.15, 0.2) is 0 Å². The summed E-state index contributed by atoms with van der Waals surface area (Å²) in [6.07, 6.45) is 5.89. The third-order valence-electron chi connectivity index (χ3n) is 4.58. The molecule has 104 valence electrons. The Hall–Kier alpha value is -0.570. The normalized spacial score (nSPS) is 24.9. The molecular formula is C15H28N2O. The number of piperidine rings is 1. The lowest BCUT2D eigenvalue weighted by atomic mass is 9.74. The van der Waals surface area contributed by atoms with Crippen molar-refractivity contribution in [1.29, 1.82) is 0 Å². The topological polar surface area (TPSA) is 32.3 Å². The lowest BCUT2D eigenvalue weighted by molar-refractivity contribution is -0.144. The molecule has 3 heteroatoms. The average Bonchev–Trinajstić information content (AvgIpc) is 3.20. The zero-order valence-electron chi connectivity index (χ0n) is 12.2. The smallest absolute Gasteiger partial charge is 0.228 e. The molecule has 0 bridgehead atoms. The second-order valence-electron chi connectivity index (χ2n) is 6.49. The van der Waals surface area contributed by atoms with Crippen LogP contribution in [0.1, 0.15) is 52.9 Å². The number of amides is 1. The van der Waals surface area contributed by atoms with Gasteiger partial charge in [-0.15, -0.1) is 0 Å². The maximum atomic E-state index is 12.8. The number of hydrogen-bond donors (Lipinski definition) is 1. The van der Waals surface area contributed by atoms with Gasteiger partial charge in [-0.05, 0) is 51.1 Å². The van der Waals surface area contributed by atoms with E-state index < -0.39 is 0 Å². The summed E-state index contributed by atoms with van der Waals surface area (Å²) in [5.41, 5.74) is -0.203. The standard InChI is InChI=1S/C15H28N2O/c1-4-10-17(13-7-8-13)14(18)15(2,3)12-6-5-9-16-11-12/h12-13,16H,4-11H2,1-3H3. The summed E-state index contributed by atoms with van der Waals surface area (Å²) < 4.78 is 0. The van der Waals surface area contributed by atoms with Gasteiger partial charge >= 0.3 is 0 Å². The number of nitrogens with zero attached hydrogens (tertiary/aromatic N) is 1. The number of carbonyl (C=O) groups is 1. The van der Waals surface area contributed by atoms with Crippen molar-refractivity contribution in [2.24, 2.45) is 11.3 Å². The van der Waals surface area contributed by atoms with Gasteiger partial charge in [-0.2, -0.15) is 0 Å². The van der Waals surface area contributed by atoms with Crippen LogP contribution in [-0.4, -0.2) is 36.5 Å². The maximum absolute atomic E-state index is 12.8. The van der Waals surface area contributed by atoms with Crippen molar-refractivity contribution in [3.8, 4) is 0 Å². The first-order valence-corrected chi connectivity index (χ1v) is 7.59. The van der Waals surface area contributed by atoms with Gasteiger partial charge in [-0.3, -0.25) is 4.79 Å². The first kappa shape index (κ1) is 13.9. The third-order valence-corrected chi connectivity index (χ3v) is 4.58. The molecule has 3 nitrogen and oxygen atoms in total. The first-order valence-electron chi connectivity index (χ1n) is 7.59. The summed E-state index contributed by atoms with van der Waals surface area (Å²) in [7, 11) is 0. The van der Waals surface area contributed by atoms with Gasteiger partial charge in [0.05, 0.1) is 0 Å². The molecule has 0 radical (unpaired) electrons. The molecule has 1 saturated carbocycles. The van der Waals surface area contributed by atoms with Gasteiger partial charge in [-0.25, -0.2) is 0 Å². The molecule has 1 aliphatic carbocycles. The van der Waals surface area contributed by atoms with Crippen LogP contribution in [0.2, 0.25) is 0 Å². The fourth-order valence-corrected chi connectivity index (χ4v) is 3.09. The molecule has 1 amide bonds. The van der Waals surface area contributed by atoms with Gasteiger partial charge in [0.2, 0.25) is 5.91 Å². The van der Waals surface area contributed by atoms with Gasteiger partial charge in [0.1, 0.15) is 0 Å². The summed E-state index contributed by atoms with van der Waals surface area (Å²) in [5.74, 6) is 0.886. The average molecular weight is 252 g/mol. The molecule has 0 spiro atoms. The van der Waals surface area contributed by atoms with E-state index in [1.807, 2.05) is 0 Å². The molecule has 1 aliphatic heterocycles. The highest BCUT2D eigenvalue weighted by molar-refractivity contribution is 5.83. The Morgan fingerprint density at radius 3 is 2.56 bits per heavy atom. The highest BCUT2D eigenvalue weighted by Crippen LogP contribution is 2.37. The second-order valence-corrected chi connectivity index (χ2v) is 6.49. The predicted molar refractivity (Wildman–Crippen MR) is 74.4 cm³/mol. The van der Waals surface area contributed by atoms with E-state index in [0.29, 0.717) is 17.9 Å². The predicted octanol–water partition coefficient (Wildman–Crippen LogP) is 2.41. The van der Waals surface area contributed by atoms with Crippen LogP contribution in [0.4, 0.5) is 0 Å². The lowest BCUT2D eigenvalue weighted by Crippen LogP contribution is -2.49. The third kappa shape index (κ3) is 2.87. The van der Waals surface area contributed by atoms with Crippen LogP contribution >= 0.6 is 0 Å². The van der Waals surface area contributed by atoms with Crippen LogP contribution in [0.3, 0.4) is 0 Å². The Morgan fingerprint density at radius 1 is 1.33 bits per heavy atom. The highest BCUT2D eigenvalue weighted by atomic mass is 16.2. The molecule has 0 aromatic carbocycles. The van der Waals surface area contributed by atoms with E-state index in [-0.39, 0.29) is 5.41 Å². The summed E-state index contributed by atoms with van der Waals surface area (Å²) in [5, 5.41) is 3.44. The lowest BCUT2D eigenvalue weighted by Gasteiger charge is -2.39. The van der Waals surface area contributed by atoms with E-state index >= 15 is 0 Å². The summed E-state index contributed by atoms with van der Waals surface area (Å²) >= 11 is 0. The van der Waals surface area contributed by atoms with E-state index in [4.69, 9.17) is 0 Å². The molecule has 2 aliphatic rings. The minimum Gasteiger partial charge on any atom is -0.339 e. The Bertz CT molecular complexity index is 291. The second kappa shape index (κ2) is 5.60. The Kier molecular flexibility index (Phi) is 4.31. The van der Waals surface area contributed by atoms with Gasteiger partial charge in [0, 0.05) is 18.0 Å². The van der Waals surface area contributed by atoms with Crippen molar-refractivity contribution < 1.29 is 4.79 Å². The molecule has 2 fully saturated rings. The summed E-state index contributed by atoms with van der Waals surface area (Å²) in [6, 6.07) is 0.549. The zero-order valence-corrected chi connectivity index (χ0v) is 12.2. The SMILES string of the molecule is CCCN(C(=O)C(C)(C)C1CCCNC1)C1CC1. The minimum atomic E-state index is -0.203. The zero-order chi connectivity index (χ0) is 13.2. The van der Waals surface area contributed by atoms with Crippen LogP contribution in [0.5, 0.6) is 0 Å². The van der Waals surface area contributed by atoms with Crippen LogP contribution < -0.4 is 5.32 Å². The van der Waals surface area contributed by atoms with Crippen molar-refractivity contribution >= 4 is 5.91 Å². The number of nitrogens with one attached hydrogen (secondary N) is 1. The Morgan fingerprint density at radius 2 is 2.06 bits per heavy atom. The van der Waals surface area contributed by atoms with Crippen LogP contribution in [-0.2, 0) is 4.79 Å². The van der Waals surface area contributed by atoms with Crippen molar-refractivity contribution in [3.05, 3.63) is 0 Å². The molecule has 18 heavy (non-hydrogen) atoms. The molecule has 2 rings (SSSR count). The van der Waals surface area contributed by atoms with Crippen molar-refractivity contribution in [3.63, 3.8) is 0 Å². The number of carbonyl (C=O) groups excluding carboxylic acids is 1. The van der Waals surface area contributed by atoms with E-state index in [2.05, 4.69) is 31.0 Å².